The van der Waals surface area contributed by atoms with Crippen LogP contribution < -0.4 is 15.8 Å². The number of rotatable bonds is 4. The summed E-state index contributed by atoms with van der Waals surface area (Å²) in [5.41, 5.74) is 6.63. The molecule has 0 spiro atoms. The number of hydrogen-bond donors (Lipinski definition) is 2. The van der Waals surface area contributed by atoms with E-state index >= 15 is 0 Å². The van der Waals surface area contributed by atoms with Crippen molar-refractivity contribution in [3.05, 3.63) is 24.3 Å². The number of nitrogens with one attached hydrogen (secondary N) is 1. The topological polar surface area (TPSA) is 64.3 Å². The van der Waals surface area contributed by atoms with Crippen LogP contribution in [-0.2, 0) is 4.79 Å². The van der Waals surface area contributed by atoms with Crippen LogP contribution in [-0.4, -0.2) is 18.6 Å². The first kappa shape index (κ1) is 12.9. The van der Waals surface area contributed by atoms with Gasteiger partial charge in [-0.3, -0.25) is 4.79 Å². The van der Waals surface area contributed by atoms with Gasteiger partial charge in [0.05, 0.1) is 7.11 Å². The van der Waals surface area contributed by atoms with Crippen LogP contribution >= 0.6 is 0 Å². The molecule has 1 aliphatic carbocycles. The van der Waals surface area contributed by atoms with E-state index in [1.807, 2.05) is 18.2 Å². The molecule has 1 amide bonds. The Bertz CT molecular complexity index is 426. The Kier molecular flexibility index (Phi) is 3.87. The van der Waals surface area contributed by atoms with Gasteiger partial charge in [0.1, 0.15) is 5.75 Å². The fourth-order valence-electron chi connectivity index (χ4n) is 2.48. The molecule has 0 bridgehead atoms. The van der Waals surface area contributed by atoms with Crippen LogP contribution in [0.2, 0.25) is 0 Å². The van der Waals surface area contributed by atoms with Gasteiger partial charge >= 0.3 is 0 Å². The van der Waals surface area contributed by atoms with E-state index < -0.39 is 0 Å². The van der Waals surface area contributed by atoms with Crippen LogP contribution in [0.3, 0.4) is 0 Å². The highest BCUT2D eigenvalue weighted by atomic mass is 16.5. The molecular formula is C14H20N2O2. The van der Waals surface area contributed by atoms with Gasteiger partial charge in [-0.25, -0.2) is 0 Å². The van der Waals surface area contributed by atoms with Crippen LogP contribution in [0.15, 0.2) is 24.3 Å². The van der Waals surface area contributed by atoms with Crippen molar-refractivity contribution in [2.24, 2.45) is 5.73 Å². The second-order valence-electron chi connectivity index (χ2n) is 5.03. The molecule has 0 atom stereocenters. The number of benzene rings is 1. The fraction of sp³-hybridized carbons (Fsp3) is 0.500. The van der Waals surface area contributed by atoms with Crippen molar-refractivity contribution in [3.63, 3.8) is 0 Å². The fourth-order valence-corrected chi connectivity index (χ4v) is 2.48. The Morgan fingerprint density at radius 3 is 2.83 bits per heavy atom. The van der Waals surface area contributed by atoms with Gasteiger partial charge in [-0.15, -0.1) is 0 Å². The van der Waals surface area contributed by atoms with E-state index in [9.17, 15) is 4.79 Å². The molecule has 4 heteroatoms. The Balaban J connectivity index is 1.94. The third-order valence-corrected chi connectivity index (χ3v) is 3.47. The normalized spacial score (nSPS) is 17.4. The van der Waals surface area contributed by atoms with Gasteiger partial charge in [-0.2, -0.15) is 0 Å². The van der Waals surface area contributed by atoms with Gasteiger partial charge in [0, 0.05) is 23.7 Å². The minimum absolute atomic E-state index is 0.0207. The zero-order chi connectivity index (χ0) is 13.0. The number of ether oxygens (including phenoxy) is 1. The van der Waals surface area contributed by atoms with Crippen molar-refractivity contribution in [1.29, 1.82) is 0 Å². The Morgan fingerprint density at radius 1 is 1.44 bits per heavy atom. The van der Waals surface area contributed by atoms with Crippen molar-refractivity contribution in [2.45, 2.75) is 37.6 Å². The first-order valence-electron chi connectivity index (χ1n) is 6.34. The number of anilines is 1. The zero-order valence-corrected chi connectivity index (χ0v) is 10.7. The lowest BCUT2D eigenvalue weighted by Crippen LogP contribution is -2.40. The van der Waals surface area contributed by atoms with E-state index in [1.165, 1.54) is 0 Å². The maximum atomic E-state index is 11.9. The number of methoxy groups -OCH3 is 1. The second-order valence-corrected chi connectivity index (χ2v) is 5.03. The van der Waals surface area contributed by atoms with Crippen molar-refractivity contribution >= 4 is 11.6 Å². The highest BCUT2D eigenvalue weighted by Gasteiger charge is 2.31. The molecule has 0 heterocycles. The molecule has 2 rings (SSSR count). The maximum Gasteiger partial charge on any atom is 0.226 e. The first-order valence-corrected chi connectivity index (χ1v) is 6.34. The summed E-state index contributed by atoms with van der Waals surface area (Å²) in [5.74, 6) is 0.712. The molecule has 4 nitrogen and oxygen atoms in total. The summed E-state index contributed by atoms with van der Waals surface area (Å²) in [6.07, 6.45) is 4.53. The number of amides is 1. The summed E-state index contributed by atoms with van der Waals surface area (Å²) in [4.78, 5) is 11.9. The lowest BCUT2D eigenvalue weighted by atomic mass is 9.94. The lowest BCUT2D eigenvalue weighted by Gasteiger charge is -2.22. The van der Waals surface area contributed by atoms with E-state index in [0.717, 1.165) is 37.1 Å². The minimum Gasteiger partial charge on any atom is -0.497 e. The van der Waals surface area contributed by atoms with Crippen LogP contribution in [0, 0.1) is 0 Å². The van der Waals surface area contributed by atoms with Gasteiger partial charge in [-0.05, 0) is 25.0 Å². The summed E-state index contributed by atoms with van der Waals surface area (Å²) in [7, 11) is 1.61. The molecule has 0 radical (unpaired) electrons. The highest BCUT2D eigenvalue weighted by Crippen LogP contribution is 2.30. The second kappa shape index (κ2) is 5.40. The number of nitrogens with two attached hydrogens (primary N) is 1. The highest BCUT2D eigenvalue weighted by molar-refractivity contribution is 5.91. The molecule has 3 N–H and O–H groups in total. The molecule has 0 unspecified atom stereocenters. The third-order valence-electron chi connectivity index (χ3n) is 3.47. The van der Waals surface area contributed by atoms with E-state index in [4.69, 9.17) is 10.5 Å². The lowest BCUT2D eigenvalue weighted by molar-refractivity contribution is -0.117. The molecule has 1 aromatic rings. The summed E-state index contributed by atoms with van der Waals surface area (Å²) < 4.78 is 5.11. The summed E-state index contributed by atoms with van der Waals surface area (Å²) in [6, 6.07) is 7.34. The third kappa shape index (κ3) is 3.23. The Hall–Kier alpha value is -1.55. The van der Waals surface area contributed by atoms with Gasteiger partial charge in [0.15, 0.2) is 0 Å². The Morgan fingerprint density at radius 2 is 2.17 bits per heavy atom. The van der Waals surface area contributed by atoms with Crippen molar-refractivity contribution in [3.8, 4) is 5.75 Å². The quantitative estimate of drug-likeness (QED) is 0.859. The van der Waals surface area contributed by atoms with Crippen molar-refractivity contribution in [1.82, 2.24) is 0 Å². The summed E-state index contributed by atoms with van der Waals surface area (Å²) in [5, 5.41) is 2.87. The number of hydrogen-bond acceptors (Lipinski definition) is 3. The smallest absolute Gasteiger partial charge is 0.226 e. The predicted molar refractivity (Wildman–Crippen MR) is 71.6 cm³/mol. The number of carbonyl (C=O) groups excluding carboxylic acids is 1. The van der Waals surface area contributed by atoms with E-state index in [-0.39, 0.29) is 11.4 Å². The molecule has 0 saturated heterocycles. The average molecular weight is 248 g/mol. The summed E-state index contributed by atoms with van der Waals surface area (Å²) in [6.45, 7) is 0. The van der Waals surface area contributed by atoms with E-state index in [2.05, 4.69) is 5.32 Å². The SMILES string of the molecule is COc1cccc(NC(=O)CC2(N)CCCC2)c1. The largest absolute Gasteiger partial charge is 0.497 e. The molecule has 1 aliphatic rings. The summed E-state index contributed by atoms with van der Waals surface area (Å²) >= 11 is 0. The molecule has 0 aromatic heterocycles. The molecule has 18 heavy (non-hydrogen) atoms. The van der Waals surface area contributed by atoms with Crippen LogP contribution in [0.1, 0.15) is 32.1 Å². The monoisotopic (exact) mass is 248 g/mol. The standard InChI is InChI=1S/C14H20N2O2/c1-18-12-6-4-5-11(9-12)16-13(17)10-14(15)7-2-3-8-14/h4-6,9H,2-3,7-8,10,15H2,1H3,(H,16,17). The molecular weight excluding hydrogens is 228 g/mol. The molecule has 0 aliphatic heterocycles. The molecule has 1 aromatic carbocycles. The first-order chi connectivity index (χ1) is 8.61. The average Bonchev–Trinajstić information content (AvgIpc) is 2.75. The predicted octanol–water partition coefficient (Wildman–Crippen LogP) is 2.30. The zero-order valence-electron chi connectivity index (χ0n) is 10.7. The molecule has 1 fully saturated rings. The van der Waals surface area contributed by atoms with Gasteiger partial charge in [0.25, 0.3) is 0 Å². The van der Waals surface area contributed by atoms with E-state index in [1.54, 1.807) is 13.2 Å². The minimum atomic E-state index is -0.303. The molecule has 98 valence electrons. The van der Waals surface area contributed by atoms with E-state index in [0.29, 0.717) is 6.42 Å². The van der Waals surface area contributed by atoms with Crippen LogP contribution in [0.5, 0.6) is 5.75 Å². The van der Waals surface area contributed by atoms with Crippen LogP contribution in [0.25, 0.3) is 0 Å². The number of carbonyl (C=O) groups is 1. The van der Waals surface area contributed by atoms with Crippen LogP contribution in [0.4, 0.5) is 5.69 Å². The van der Waals surface area contributed by atoms with Gasteiger partial charge in [0.2, 0.25) is 5.91 Å². The maximum absolute atomic E-state index is 11.9. The van der Waals surface area contributed by atoms with Gasteiger partial charge < -0.3 is 15.8 Å². The van der Waals surface area contributed by atoms with Crippen molar-refractivity contribution in [2.75, 3.05) is 12.4 Å². The Labute approximate surface area is 108 Å². The van der Waals surface area contributed by atoms with Crippen molar-refractivity contribution < 1.29 is 9.53 Å². The molecule has 1 saturated carbocycles. The van der Waals surface area contributed by atoms with Gasteiger partial charge in [-0.1, -0.05) is 18.9 Å².